The Hall–Kier alpha value is -2.02. The summed E-state index contributed by atoms with van der Waals surface area (Å²) in [6, 6.07) is 2.64. The molecule has 0 atom stereocenters. The van der Waals surface area contributed by atoms with Crippen molar-refractivity contribution >= 4 is 5.91 Å². The molecule has 0 fully saturated rings. The number of rotatable bonds is 0. The molecule has 4 heteroatoms. The summed E-state index contributed by atoms with van der Waals surface area (Å²) in [7, 11) is 0. The fraction of sp³-hybridized carbons (Fsp3) is 0. The van der Waals surface area contributed by atoms with Gasteiger partial charge in [0.15, 0.2) is 5.43 Å². The van der Waals surface area contributed by atoms with Crippen molar-refractivity contribution < 1.29 is 4.79 Å². The summed E-state index contributed by atoms with van der Waals surface area (Å²) in [5.41, 5.74) is 4.99. The number of amides is 1. The molecule has 0 spiro atoms. The third kappa shape index (κ3) is 2.31. The van der Waals surface area contributed by atoms with Gasteiger partial charge in [-0.15, -0.1) is 0 Å². The van der Waals surface area contributed by atoms with E-state index in [-0.39, 0.29) is 5.43 Å². The molecule has 0 aliphatic rings. The van der Waals surface area contributed by atoms with Crippen LogP contribution in [-0.2, 0) is 4.79 Å². The van der Waals surface area contributed by atoms with Crippen molar-refractivity contribution in [1.29, 1.82) is 0 Å². The minimum Gasteiger partial charge on any atom is -0.359 e. The predicted octanol–water partition coefficient (Wildman–Crippen LogP) is -0.788. The highest BCUT2D eigenvalue weighted by Gasteiger charge is 1.87. The van der Waals surface area contributed by atoms with Crippen LogP contribution in [-0.4, -0.2) is 10.9 Å². The van der Waals surface area contributed by atoms with Gasteiger partial charge in [-0.1, -0.05) is 0 Å². The molecule has 60 valence electrons. The van der Waals surface area contributed by atoms with Crippen LogP contribution in [0.3, 0.4) is 0 Å². The minimum absolute atomic E-state index is 0.164. The first-order chi connectivity index (χ1) is 5.68. The number of carbonyl (C=O) groups excluding carboxylic acids is 1. The molecule has 0 aliphatic heterocycles. The van der Waals surface area contributed by atoms with E-state index in [1.54, 1.807) is 0 Å². The third-order valence-electron chi connectivity index (χ3n) is 1.09. The average Bonchev–Trinajstić information content (AvgIpc) is 2.01. The number of primary amides is 1. The summed E-state index contributed by atoms with van der Waals surface area (Å²) in [4.78, 5) is 23.6. The van der Waals surface area contributed by atoms with Crippen LogP contribution in [0, 0.1) is 11.8 Å². The number of aromatic nitrogens is 1. The van der Waals surface area contributed by atoms with Crippen LogP contribution in [0.25, 0.3) is 0 Å². The monoisotopic (exact) mass is 162 g/mol. The van der Waals surface area contributed by atoms with Gasteiger partial charge in [0.1, 0.15) is 0 Å². The summed E-state index contributed by atoms with van der Waals surface area (Å²) in [6.45, 7) is 0. The molecule has 1 aromatic rings. The lowest BCUT2D eigenvalue weighted by Gasteiger charge is -1.85. The zero-order valence-corrected chi connectivity index (χ0v) is 6.13. The van der Waals surface area contributed by atoms with Gasteiger partial charge in [0.05, 0.1) is 5.69 Å². The zero-order chi connectivity index (χ0) is 8.97. The van der Waals surface area contributed by atoms with Crippen LogP contribution >= 0.6 is 0 Å². The second-order valence-corrected chi connectivity index (χ2v) is 2.05. The van der Waals surface area contributed by atoms with E-state index in [4.69, 9.17) is 5.73 Å². The molecule has 0 radical (unpaired) electrons. The molecule has 0 unspecified atom stereocenters. The highest BCUT2D eigenvalue weighted by Crippen LogP contribution is 1.82. The van der Waals surface area contributed by atoms with Gasteiger partial charge in [0.25, 0.3) is 5.91 Å². The fourth-order valence-corrected chi connectivity index (χ4v) is 0.647. The van der Waals surface area contributed by atoms with E-state index in [0.29, 0.717) is 5.69 Å². The van der Waals surface area contributed by atoms with Gasteiger partial charge in [-0.25, -0.2) is 0 Å². The van der Waals surface area contributed by atoms with E-state index >= 15 is 0 Å². The number of H-pyrrole nitrogens is 1. The zero-order valence-electron chi connectivity index (χ0n) is 6.13. The molecule has 12 heavy (non-hydrogen) atoms. The topological polar surface area (TPSA) is 76.0 Å². The van der Waals surface area contributed by atoms with E-state index in [2.05, 4.69) is 16.8 Å². The molecule has 4 nitrogen and oxygen atoms in total. The van der Waals surface area contributed by atoms with Gasteiger partial charge in [0, 0.05) is 24.3 Å². The Bertz CT molecular complexity index is 409. The maximum atomic E-state index is 10.7. The van der Waals surface area contributed by atoms with Gasteiger partial charge in [0.2, 0.25) is 0 Å². The van der Waals surface area contributed by atoms with E-state index in [1.165, 1.54) is 18.3 Å². The first-order valence-electron chi connectivity index (χ1n) is 3.18. The fourth-order valence-electron chi connectivity index (χ4n) is 0.647. The number of pyridine rings is 1. The van der Waals surface area contributed by atoms with Gasteiger partial charge in [-0.3, -0.25) is 9.59 Å². The molecule has 1 rings (SSSR count). The Kier molecular flexibility index (Phi) is 2.29. The second kappa shape index (κ2) is 3.39. The first-order valence-corrected chi connectivity index (χ1v) is 3.18. The molecule has 1 heterocycles. The Labute approximate surface area is 68.4 Å². The van der Waals surface area contributed by atoms with Crippen molar-refractivity contribution in [3.05, 3.63) is 34.2 Å². The number of hydrogen-bond acceptors (Lipinski definition) is 2. The largest absolute Gasteiger partial charge is 0.359 e. The van der Waals surface area contributed by atoms with Crippen LogP contribution in [0.15, 0.2) is 23.1 Å². The SMILES string of the molecule is NC(=O)C#Cc1cc(=O)cc[nH]1. The number of nitrogens with one attached hydrogen (secondary N) is 1. The molecule has 0 saturated carbocycles. The number of carbonyl (C=O) groups is 1. The maximum Gasteiger partial charge on any atom is 0.293 e. The number of nitrogens with two attached hydrogens (primary N) is 1. The molecular weight excluding hydrogens is 156 g/mol. The quantitative estimate of drug-likeness (QED) is 0.490. The highest BCUT2D eigenvalue weighted by atomic mass is 16.1. The molecule has 0 aromatic carbocycles. The predicted molar refractivity (Wildman–Crippen MR) is 43.1 cm³/mol. The van der Waals surface area contributed by atoms with Crippen molar-refractivity contribution in [2.45, 2.75) is 0 Å². The normalized spacial score (nSPS) is 8.33. The summed E-state index contributed by atoms with van der Waals surface area (Å²) >= 11 is 0. The first kappa shape index (κ1) is 8.08. The van der Waals surface area contributed by atoms with Crippen LogP contribution in [0.5, 0.6) is 0 Å². The van der Waals surface area contributed by atoms with Crippen molar-refractivity contribution in [3.63, 3.8) is 0 Å². The van der Waals surface area contributed by atoms with Crippen LogP contribution < -0.4 is 11.2 Å². The second-order valence-electron chi connectivity index (χ2n) is 2.05. The van der Waals surface area contributed by atoms with Crippen molar-refractivity contribution in [2.75, 3.05) is 0 Å². The van der Waals surface area contributed by atoms with E-state index < -0.39 is 5.91 Å². The average molecular weight is 162 g/mol. The number of hydrogen-bond donors (Lipinski definition) is 2. The van der Waals surface area contributed by atoms with E-state index in [0.717, 1.165) is 0 Å². The molecular formula is C8H6N2O2. The van der Waals surface area contributed by atoms with E-state index in [1.807, 2.05) is 0 Å². The third-order valence-corrected chi connectivity index (χ3v) is 1.09. The standard InChI is InChI=1S/C8H6N2O2/c9-8(12)2-1-6-5-7(11)3-4-10-6/h3-5H,(H2,9,12)(H,10,11). The van der Waals surface area contributed by atoms with Gasteiger partial charge in [-0.2, -0.15) is 0 Å². The van der Waals surface area contributed by atoms with Crippen molar-refractivity contribution in [1.82, 2.24) is 4.98 Å². The molecule has 0 aliphatic carbocycles. The lowest BCUT2D eigenvalue weighted by atomic mass is 10.3. The molecule has 1 amide bonds. The van der Waals surface area contributed by atoms with Gasteiger partial charge in [-0.05, 0) is 5.92 Å². The lowest BCUT2D eigenvalue weighted by Crippen LogP contribution is -2.06. The van der Waals surface area contributed by atoms with Crippen molar-refractivity contribution in [3.8, 4) is 11.8 Å². The lowest BCUT2D eigenvalue weighted by molar-refractivity contribution is -0.112. The minimum atomic E-state index is -0.722. The Morgan fingerprint density at radius 2 is 2.33 bits per heavy atom. The molecule has 0 bridgehead atoms. The van der Waals surface area contributed by atoms with E-state index in [9.17, 15) is 9.59 Å². The van der Waals surface area contributed by atoms with Crippen LogP contribution in [0.1, 0.15) is 5.69 Å². The maximum absolute atomic E-state index is 10.7. The van der Waals surface area contributed by atoms with Crippen molar-refractivity contribution in [2.24, 2.45) is 5.73 Å². The summed E-state index contributed by atoms with van der Waals surface area (Å²) in [5, 5.41) is 0. The molecule has 1 aromatic heterocycles. The van der Waals surface area contributed by atoms with Gasteiger partial charge >= 0.3 is 0 Å². The summed E-state index contributed by atoms with van der Waals surface area (Å²) in [6.07, 6.45) is 1.45. The van der Waals surface area contributed by atoms with Crippen LogP contribution in [0.4, 0.5) is 0 Å². The van der Waals surface area contributed by atoms with Crippen LogP contribution in [0.2, 0.25) is 0 Å². The number of aromatic amines is 1. The summed E-state index contributed by atoms with van der Waals surface area (Å²) in [5.74, 6) is 3.79. The highest BCUT2D eigenvalue weighted by molar-refractivity contribution is 5.92. The molecule has 3 N–H and O–H groups in total. The molecule has 0 saturated heterocycles. The Morgan fingerprint density at radius 1 is 1.58 bits per heavy atom. The Morgan fingerprint density at radius 3 is 2.92 bits per heavy atom. The smallest absolute Gasteiger partial charge is 0.293 e. The summed E-state index contributed by atoms with van der Waals surface area (Å²) < 4.78 is 0. The Balaban J connectivity index is 3.00. The van der Waals surface area contributed by atoms with Gasteiger partial charge < -0.3 is 10.7 Å².